The number of nitrogens with zero attached hydrogens (tertiary/aromatic N) is 2. The number of ether oxygens (including phenoxy) is 3. The maximum atomic E-state index is 12.4. The summed E-state index contributed by atoms with van der Waals surface area (Å²) >= 11 is 6.00. The van der Waals surface area contributed by atoms with Crippen molar-refractivity contribution in [2.24, 2.45) is 5.10 Å². The Kier molecular flexibility index (Phi) is 8.12. The van der Waals surface area contributed by atoms with Crippen LogP contribution in [0.1, 0.15) is 11.1 Å². The van der Waals surface area contributed by atoms with Crippen LogP contribution in [0.3, 0.4) is 0 Å². The largest absolute Gasteiger partial charge is 0.493 e. The number of aryl methyl sites for hydroxylation is 1. The molecule has 0 saturated heterocycles. The van der Waals surface area contributed by atoms with Gasteiger partial charge in [-0.2, -0.15) is 5.10 Å². The van der Waals surface area contributed by atoms with Gasteiger partial charge in [0.05, 0.1) is 39.5 Å². The van der Waals surface area contributed by atoms with Gasteiger partial charge in [-0.3, -0.25) is 9.10 Å². The van der Waals surface area contributed by atoms with Crippen LogP contribution in [0, 0.1) is 6.92 Å². The third-order valence-electron chi connectivity index (χ3n) is 4.22. The number of methoxy groups -OCH3 is 3. The Labute approximate surface area is 186 Å². The molecule has 2 aromatic carbocycles. The van der Waals surface area contributed by atoms with E-state index in [1.165, 1.54) is 33.6 Å². The molecule has 0 radical (unpaired) electrons. The lowest BCUT2D eigenvalue weighted by Crippen LogP contribution is -2.39. The number of carbonyl (C=O) groups excluding carboxylic acids is 1. The molecule has 0 aliphatic carbocycles. The zero-order chi connectivity index (χ0) is 23.2. The number of halogens is 1. The average Bonchev–Trinajstić information content (AvgIpc) is 2.72. The molecule has 0 bridgehead atoms. The van der Waals surface area contributed by atoms with Gasteiger partial charge in [-0.1, -0.05) is 17.7 Å². The van der Waals surface area contributed by atoms with E-state index in [0.29, 0.717) is 39.1 Å². The Morgan fingerprint density at radius 1 is 1.13 bits per heavy atom. The molecule has 0 aliphatic rings. The van der Waals surface area contributed by atoms with Crippen LogP contribution in [0.15, 0.2) is 35.4 Å². The fourth-order valence-electron chi connectivity index (χ4n) is 2.75. The first-order chi connectivity index (χ1) is 14.6. The molecule has 0 aromatic heterocycles. The van der Waals surface area contributed by atoms with Crippen molar-refractivity contribution in [3.05, 3.63) is 46.5 Å². The first-order valence-electron chi connectivity index (χ1n) is 8.96. The number of hydrogen-bond donors (Lipinski definition) is 1. The van der Waals surface area contributed by atoms with E-state index in [4.69, 9.17) is 25.8 Å². The van der Waals surface area contributed by atoms with Gasteiger partial charge in [0.1, 0.15) is 6.54 Å². The van der Waals surface area contributed by atoms with E-state index in [9.17, 15) is 13.2 Å². The highest BCUT2D eigenvalue weighted by molar-refractivity contribution is 7.92. The second-order valence-corrected chi connectivity index (χ2v) is 8.80. The van der Waals surface area contributed by atoms with Crippen molar-refractivity contribution in [1.29, 1.82) is 0 Å². The monoisotopic (exact) mass is 469 g/mol. The number of sulfonamides is 1. The minimum absolute atomic E-state index is 0.318. The highest BCUT2D eigenvalue weighted by Crippen LogP contribution is 2.37. The van der Waals surface area contributed by atoms with Crippen molar-refractivity contribution < 1.29 is 27.4 Å². The first-order valence-corrected chi connectivity index (χ1v) is 11.2. The molecule has 168 valence electrons. The van der Waals surface area contributed by atoms with Crippen LogP contribution in [0.4, 0.5) is 5.69 Å². The highest BCUT2D eigenvalue weighted by Gasteiger charge is 2.22. The van der Waals surface area contributed by atoms with Gasteiger partial charge >= 0.3 is 0 Å². The number of anilines is 1. The quantitative estimate of drug-likeness (QED) is 0.447. The second-order valence-electron chi connectivity index (χ2n) is 6.45. The number of rotatable bonds is 9. The molecule has 0 spiro atoms. The number of nitrogens with one attached hydrogen (secondary N) is 1. The lowest BCUT2D eigenvalue weighted by molar-refractivity contribution is -0.119. The zero-order valence-electron chi connectivity index (χ0n) is 17.8. The fraction of sp³-hybridized carbons (Fsp3) is 0.300. The van der Waals surface area contributed by atoms with Crippen molar-refractivity contribution in [3.8, 4) is 17.2 Å². The predicted molar refractivity (Wildman–Crippen MR) is 120 cm³/mol. The minimum Gasteiger partial charge on any atom is -0.493 e. The highest BCUT2D eigenvalue weighted by atomic mass is 35.5. The van der Waals surface area contributed by atoms with E-state index in [0.717, 1.165) is 10.6 Å². The Morgan fingerprint density at radius 2 is 1.74 bits per heavy atom. The average molecular weight is 470 g/mol. The number of hydrogen-bond acceptors (Lipinski definition) is 7. The van der Waals surface area contributed by atoms with Gasteiger partial charge in [0.25, 0.3) is 5.91 Å². The van der Waals surface area contributed by atoms with Crippen LogP contribution in [-0.4, -0.2) is 54.7 Å². The van der Waals surface area contributed by atoms with Gasteiger partial charge in [-0.25, -0.2) is 13.8 Å². The number of amides is 1. The molecule has 9 nitrogen and oxygen atoms in total. The fourth-order valence-corrected chi connectivity index (χ4v) is 3.82. The number of benzene rings is 2. The summed E-state index contributed by atoms with van der Waals surface area (Å²) in [6.45, 7) is 1.26. The molecule has 0 unspecified atom stereocenters. The van der Waals surface area contributed by atoms with Crippen molar-refractivity contribution in [3.63, 3.8) is 0 Å². The minimum atomic E-state index is -3.74. The van der Waals surface area contributed by atoms with Gasteiger partial charge < -0.3 is 14.2 Å². The van der Waals surface area contributed by atoms with Crippen LogP contribution >= 0.6 is 11.6 Å². The van der Waals surface area contributed by atoms with Crippen molar-refractivity contribution >= 4 is 39.4 Å². The molecule has 0 atom stereocenters. The molecule has 2 rings (SSSR count). The molecule has 0 aliphatic heterocycles. The summed E-state index contributed by atoms with van der Waals surface area (Å²) in [7, 11) is 0.717. The SMILES string of the molecule is COc1cc(/C=N\NC(=O)CN(c2cc(Cl)ccc2C)S(C)(=O)=O)cc(OC)c1OC. The van der Waals surface area contributed by atoms with Crippen LogP contribution in [0.5, 0.6) is 17.2 Å². The van der Waals surface area contributed by atoms with Gasteiger partial charge in [0, 0.05) is 10.6 Å². The maximum Gasteiger partial charge on any atom is 0.260 e. The molecular formula is C20H24ClN3O6S. The Hall–Kier alpha value is -2.98. The maximum absolute atomic E-state index is 12.4. The molecule has 1 amide bonds. The van der Waals surface area contributed by atoms with Gasteiger partial charge in [0.15, 0.2) is 11.5 Å². The van der Waals surface area contributed by atoms with Gasteiger partial charge in [0.2, 0.25) is 15.8 Å². The topological polar surface area (TPSA) is 107 Å². The molecule has 2 aromatic rings. The van der Waals surface area contributed by atoms with Crippen molar-refractivity contribution in [1.82, 2.24) is 5.43 Å². The summed E-state index contributed by atoms with van der Waals surface area (Å²) < 4.78 is 41.3. The van der Waals surface area contributed by atoms with Crippen molar-refractivity contribution in [2.75, 3.05) is 38.4 Å². The predicted octanol–water partition coefficient (Wildman–Crippen LogP) is 2.59. The standard InChI is InChI=1S/C20H24ClN3O6S/c1-13-6-7-15(21)10-16(13)24(31(5,26)27)12-19(25)23-22-11-14-8-17(28-2)20(30-4)18(9-14)29-3/h6-11H,12H2,1-5H3,(H,23,25)/b22-11-. The number of hydrazone groups is 1. The Bertz CT molecular complexity index is 1060. The first kappa shape index (κ1) is 24.3. The van der Waals surface area contributed by atoms with Crippen LogP contribution in [0.2, 0.25) is 5.02 Å². The Morgan fingerprint density at radius 3 is 2.26 bits per heavy atom. The van der Waals surface area contributed by atoms with Crippen molar-refractivity contribution in [2.45, 2.75) is 6.92 Å². The van der Waals surface area contributed by atoms with Gasteiger partial charge in [-0.05, 0) is 36.8 Å². The van der Waals surface area contributed by atoms with Crippen LogP contribution < -0.4 is 23.9 Å². The molecule has 1 N–H and O–H groups in total. The summed E-state index contributed by atoms with van der Waals surface area (Å²) in [5.41, 5.74) is 3.86. The summed E-state index contributed by atoms with van der Waals surface area (Å²) in [6.07, 6.45) is 2.39. The summed E-state index contributed by atoms with van der Waals surface area (Å²) in [5.74, 6) is 0.643. The van der Waals surface area contributed by atoms with E-state index in [1.807, 2.05) is 0 Å². The normalized spacial score (nSPS) is 11.3. The van der Waals surface area contributed by atoms with Gasteiger partial charge in [-0.15, -0.1) is 0 Å². The third kappa shape index (κ3) is 6.25. The molecule has 31 heavy (non-hydrogen) atoms. The zero-order valence-corrected chi connectivity index (χ0v) is 19.4. The molecule has 0 saturated carbocycles. The van der Waals surface area contributed by atoms with Crippen LogP contribution in [0.25, 0.3) is 0 Å². The summed E-state index contributed by atoms with van der Waals surface area (Å²) in [4.78, 5) is 12.4. The Balaban J connectivity index is 2.19. The van der Waals surface area contributed by atoms with E-state index >= 15 is 0 Å². The van der Waals surface area contributed by atoms with Crippen LogP contribution in [-0.2, 0) is 14.8 Å². The second kappa shape index (κ2) is 10.4. The number of carbonyl (C=O) groups is 1. The smallest absolute Gasteiger partial charge is 0.260 e. The lowest BCUT2D eigenvalue weighted by Gasteiger charge is -2.23. The summed E-state index contributed by atoms with van der Waals surface area (Å²) in [5, 5.41) is 4.25. The molecule has 11 heteroatoms. The van der Waals surface area contributed by atoms with E-state index in [1.54, 1.807) is 31.2 Å². The lowest BCUT2D eigenvalue weighted by atomic mass is 10.2. The molecule has 0 heterocycles. The molecule has 0 fully saturated rings. The third-order valence-corrected chi connectivity index (χ3v) is 5.58. The molecular weight excluding hydrogens is 446 g/mol. The summed E-state index contributed by atoms with van der Waals surface area (Å²) in [6, 6.07) is 8.10. The van der Waals surface area contributed by atoms with E-state index in [-0.39, 0.29) is 0 Å². The van der Waals surface area contributed by atoms with E-state index in [2.05, 4.69) is 10.5 Å². The van der Waals surface area contributed by atoms with E-state index < -0.39 is 22.5 Å².